The Balaban J connectivity index is 1.43. The van der Waals surface area contributed by atoms with Crippen molar-refractivity contribution in [3.8, 4) is 0 Å². The fraction of sp³-hybridized carbons (Fsp3) is 0.474. The standard InChI is InChI=1S/C19H25N5O/c1-23-9-8-21-19(23)17-12-20-7-10-24(17)13-18(25)22-16-6-5-14-3-2-4-15(14)11-16/h5-6,8-9,11,17,20H,2-4,7,10,12-13H2,1H3,(H,22,25). The van der Waals surface area contributed by atoms with Crippen molar-refractivity contribution in [2.45, 2.75) is 25.3 Å². The van der Waals surface area contributed by atoms with Crippen LogP contribution in [0.2, 0.25) is 0 Å². The Labute approximate surface area is 148 Å². The molecule has 1 unspecified atom stereocenters. The average molecular weight is 339 g/mol. The molecular formula is C19H25N5O. The van der Waals surface area contributed by atoms with E-state index in [9.17, 15) is 4.79 Å². The molecule has 1 fully saturated rings. The molecule has 4 rings (SSSR count). The molecule has 6 heteroatoms. The molecule has 25 heavy (non-hydrogen) atoms. The first-order valence-electron chi connectivity index (χ1n) is 9.04. The largest absolute Gasteiger partial charge is 0.337 e. The molecule has 0 radical (unpaired) electrons. The van der Waals surface area contributed by atoms with E-state index in [4.69, 9.17) is 0 Å². The Morgan fingerprint density at radius 1 is 1.36 bits per heavy atom. The van der Waals surface area contributed by atoms with E-state index in [2.05, 4.69) is 32.7 Å². The predicted octanol–water partition coefficient (Wildman–Crippen LogP) is 1.49. The smallest absolute Gasteiger partial charge is 0.238 e. The molecule has 6 nitrogen and oxygen atoms in total. The lowest BCUT2D eigenvalue weighted by atomic mass is 10.1. The number of benzene rings is 1. The number of anilines is 1. The van der Waals surface area contributed by atoms with Gasteiger partial charge in [-0.25, -0.2) is 4.98 Å². The van der Waals surface area contributed by atoms with Crippen LogP contribution >= 0.6 is 0 Å². The van der Waals surface area contributed by atoms with Gasteiger partial charge in [0, 0.05) is 44.8 Å². The molecule has 132 valence electrons. The molecule has 1 atom stereocenters. The third-order valence-corrected chi connectivity index (χ3v) is 5.24. The number of hydrogen-bond acceptors (Lipinski definition) is 4. The van der Waals surface area contributed by atoms with E-state index in [1.54, 1.807) is 0 Å². The van der Waals surface area contributed by atoms with Crippen molar-refractivity contribution in [3.63, 3.8) is 0 Å². The molecule has 1 amide bonds. The number of aromatic nitrogens is 2. The molecule has 1 aromatic carbocycles. The van der Waals surface area contributed by atoms with Crippen molar-refractivity contribution in [1.29, 1.82) is 0 Å². The van der Waals surface area contributed by atoms with E-state index < -0.39 is 0 Å². The Bertz CT molecular complexity index is 769. The number of fused-ring (bicyclic) bond motifs is 1. The monoisotopic (exact) mass is 339 g/mol. The van der Waals surface area contributed by atoms with Gasteiger partial charge in [-0.3, -0.25) is 9.69 Å². The van der Waals surface area contributed by atoms with Crippen molar-refractivity contribution >= 4 is 11.6 Å². The molecule has 0 bridgehead atoms. The molecule has 2 aliphatic rings. The number of nitrogens with one attached hydrogen (secondary N) is 2. The minimum atomic E-state index is 0.0408. The molecule has 1 aliphatic carbocycles. The summed E-state index contributed by atoms with van der Waals surface area (Å²) in [6.45, 7) is 2.94. The predicted molar refractivity (Wildman–Crippen MR) is 97.5 cm³/mol. The van der Waals surface area contributed by atoms with E-state index in [1.807, 2.05) is 30.1 Å². The second-order valence-electron chi connectivity index (χ2n) is 6.97. The molecule has 1 saturated heterocycles. The number of aryl methyl sites for hydroxylation is 3. The zero-order chi connectivity index (χ0) is 17.2. The van der Waals surface area contributed by atoms with Gasteiger partial charge in [-0.2, -0.15) is 0 Å². The Morgan fingerprint density at radius 2 is 2.24 bits per heavy atom. The van der Waals surface area contributed by atoms with Crippen LogP contribution in [0.15, 0.2) is 30.6 Å². The maximum atomic E-state index is 12.6. The summed E-state index contributed by atoms with van der Waals surface area (Å²) >= 11 is 0. The molecule has 2 heterocycles. The number of carbonyl (C=O) groups excluding carboxylic acids is 1. The molecule has 1 aromatic heterocycles. The van der Waals surface area contributed by atoms with Gasteiger partial charge in [0.2, 0.25) is 5.91 Å². The maximum Gasteiger partial charge on any atom is 0.238 e. The Hall–Kier alpha value is -2.18. The zero-order valence-electron chi connectivity index (χ0n) is 14.7. The van der Waals surface area contributed by atoms with E-state index >= 15 is 0 Å². The lowest BCUT2D eigenvalue weighted by molar-refractivity contribution is -0.118. The SMILES string of the molecule is Cn1ccnc1C1CNCCN1CC(=O)Nc1ccc2c(c1)CCC2. The minimum Gasteiger partial charge on any atom is -0.337 e. The fourth-order valence-corrected chi connectivity index (χ4v) is 3.92. The van der Waals surface area contributed by atoms with Gasteiger partial charge in [0.05, 0.1) is 12.6 Å². The first-order chi connectivity index (χ1) is 12.2. The van der Waals surface area contributed by atoms with Crippen LogP contribution in [0.5, 0.6) is 0 Å². The van der Waals surface area contributed by atoms with Gasteiger partial charge in [0.15, 0.2) is 0 Å². The van der Waals surface area contributed by atoms with E-state index in [0.29, 0.717) is 6.54 Å². The van der Waals surface area contributed by atoms with E-state index in [1.165, 1.54) is 17.5 Å². The van der Waals surface area contributed by atoms with Gasteiger partial charge in [-0.05, 0) is 42.5 Å². The highest BCUT2D eigenvalue weighted by atomic mass is 16.2. The van der Waals surface area contributed by atoms with Crippen LogP contribution in [0.3, 0.4) is 0 Å². The topological polar surface area (TPSA) is 62.2 Å². The third-order valence-electron chi connectivity index (χ3n) is 5.24. The summed E-state index contributed by atoms with van der Waals surface area (Å²) in [5.74, 6) is 1.04. The summed E-state index contributed by atoms with van der Waals surface area (Å²) in [6.07, 6.45) is 7.27. The van der Waals surface area contributed by atoms with Gasteiger partial charge < -0.3 is 15.2 Å². The van der Waals surface area contributed by atoms with Gasteiger partial charge in [0.1, 0.15) is 5.82 Å². The van der Waals surface area contributed by atoms with Crippen LogP contribution in [0, 0.1) is 0 Å². The van der Waals surface area contributed by atoms with Gasteiger partial charge in [-0.1, -0.05) is 6.07 Å². The van der Waals surface area contributed by atoms with Gasteiger partial charge >= 0.3 is 0 Å². The first kappa shape index (κ1) is 16.3. The Kier molecular flexibility index (Phi) is 4.55. The summed E-state index contributed by atoms with van der Waals surface area (Å²) in [6, 6.07) is 6.43. The van der Waals surface area contributed by atoms with Crippen LogP contribution in [0.4, 0.5) is 5.69 Å². The highest BCUT2D eigenvalue weighted by molar-refractivity contribution is 5.92. The number of nitrogens with zero attached hydrogens (tertiary/aromatic N) is 3. The average Bonchev–Trinajstić information content (AvgIpc) is 3.23. The quantitative estimate of drug-likeness (QED) is 0.886. The molecular weight excluding hydrogens is 314 g/mol. The van der Waals surface area contributed by atoms with Crippen LogP contribution in [-0.2, 0) is 24.7 Å². The van der Waals surface area contributed by atoms with Crippen molar-refractivity contribution in [1.82, 2.24) is 19.8 Å². The number of amides is 1. The van der Waals surface area contributed by atoms with Gasteiger partial charge in [-0.15, -0.1) is 0 Å². The highest BCUT2D eigenvalue weighted by Gasteiger charge is 2.28. The molecule has 0 spiro atoms. The summed E-state index contributed by atoms with van der Waals surface area (Å²) in [4.78, 5) is 19.3. The van der Waals surface area contributed by atoms with Crippen LogP contribution < -0.4 is 10.6 Å². The van der Waals surface area contributed by atoms with Crippen LogP contribution in [0.25, 0.3) is 0 Å². The summed E-state index contributed by atoms with van der Waals surface area (Å²) < 4.78 is 2.03. The van der Waals surface area contributed by atoms with E-state index in [0.717, 1.165) is 44.0 Å². The molecule has 0 saturated carbocycles. The molecule has 1 aliphatic heterocycles. The first-order valence-corrected chi connectivity index (χ1v) is 9.04. The number of carbonyl (C=O) groups is 1. The summed E-state index contributed by atoms with van der Waals surface area (Å²) in [7, 11) is 2.00. The van der Waals surface area contributed by atoms with E-state index in [-0.39, 0.29) is 11.9 Å². The van der Waals surface area contributed by atoms with Crippen molar-refractivity contribution < 1.29 is 4.79 Å². The minimum absolute atomic E-state index is 0.0408. The maximum absolute atomic E-state index is 12.6. The zero-order valence-corrected chi connectivity index (χ0v) is 14.7. The lowest BCUT2D eigenvalue weighted by Crippen LogP contribution is -2.49. The number of imidazole rings is 1. The van der Waals surface area contributed by atoms with Crippen molar-refractivity contribution in [2.75, 3.05) is 31.5 Å². The second-order valence-corrected chi connectivity index (χ2v) is 6.97. The van der Waals surface area contributed by atoms with Crippen LogP contribution in [0.1, 0.15) is 29.4 Å². The van der Waals surface area contributed by atoms with Crippen LogP contribution in [-0.4, -0.2) is 46.5 Å². The van der Waals surface area contributed by atoms with Crippen molar-refractivity contribution in [3.05, 3.63) is 47.5 Å². The lowest BCUT2D eigenvalue weighted by Gasteiger charge is -2.35. The van der Waals surface area contributed by atoms with Crippen molar-refractivity contribution in [2.24, 2.45) is 7.05 Å². The second kappa shape index (κ2) is 6.98. The summed E-state index contributed by atoms with van der Waals surface area (Å²) in [5, 5.41) is 6.48. The highest BCUT2D eigenvalue weighted by Crippen LogP contribution is 2.25. The number of rotatable bonds is 4. The normalized spacial score (nSPS) is 20.4. The number of piperazine rings is 1. The number of hydrogen-bond donors (Lipinski definition) is 2. The Morgan fingerprint density at radius 3 is 3.08 bits per heavy atom. The summed E-state index contributed by atoms with van der Waals surface area (Å²) in [5.41, 5.74) is 3.72. The molecule has 2 aromatic rings. The fourth-order valence-electron chi connectivity index (χ4n) is 3.92. The molecule has 2 N–H and O–H groups in total. The third kappa shape index (κ3) is 3.45. The van der Waals surface area contributed by atoms with Gasteiger partial charge in [0.25, 0.3) is 0 Å².